The van der Waals surface area contributed by atoms with E-state index in [0.29, 0.717) is 6.42 Å². The molecule has 0 aromatic carbocycles. The highest BCUT2D eigenvalue weighted by Crippen LogP contribution is 2.18. The Bertz CT molecular complexity index is 249. The molecule has 0 bridgehead atoms. The van der Waals surface area contributed by atoms with Gasteiger partial charge in [0.1, 0.15) is 0 Å². The van der Waals surface area contributed by atoms with Crippen LogP contribution in [-0.2, 0) is 14.3 Å². The van der Waals surface area contributed by atoms with E-state index >= 15 is 0 Å². The second-order valence-electron chi connectivity index (χ2n) is 3.43. The lowest BCUT2D eigenvalue weighted by Crippen LogP contribution is -2.05. The van der Waals surface area contributed by atoms with Gasteiger partial charge in [0.2, 0.25) is 0 Å². The van der Waals surface area contributed by atoms with E-state index in [0.717, 1.165) is 0 Å². The maximum Gasteiger partial charge on any atom is 0.317 e. The van der Waals surface area contributed by atoms with E-state index in [1.807, 2.05) is 13.8 Å². The van der Waals surface area contributed by atoms with Crippen molar-refractivity contribution in [3.63, 3.8) is 0 Å². The van der Waals surface area contributed by atoms with E-state index in [9.17, 15) is 9.59 Å². The Morgan fingerprint density at radius 2 is 2.07 bits per heavy atom. The summed E-state index contributed by atoms with van der Waals surface area (Å²) in [5.74, 6) is -1.10. The average molecular weight is 196 g/mol. The number of allylic oxidation sites excluding steroid dienone is 2. The molecular weight excluding hydrogens is 180 g/mol. The number of carbonyl (C=O) groups is 2. The molecule has 0 radical (unpaired) electrons. The van der Waals surface area contributed by atoms with Gasteiger partial charge in [0, 0.05) is 0 Å². The molecule has 1 saturated heterocycles. The van der Waals surface area contributed by atoms with Crippen molar-refractivity contribution in [1.29, 1.82) is 0 Å². The molecule has 1 atom stereocenters. The molecule has 1 unspecified atom stereocenters. The lowest BCUT2D eigenvalue weighted by atomic mass is 10.0. The van der Waals surface area contributed by atoms with Crippen LogP contribution in [-0.4, -0.2) is 11.9 Å². The average Bonchev–Trinajstić information content (AvgIpc) is 2.30. The molecule has 0 spiro atoms. The zero-order valence-corrected chi connectivity index (χ0v) is 8.71. The maximum absolute atomic E-state index is 10.7. The molecule has 1 fully saturated rings. The minimum absolute atomic E-state index is 0.213. The molecule has 1 aliphatic rings. The van der Waals surface area contributed by atoms with Gasteiger partial charge in [0.15, 0.2) is 0 Å². The van der Waals surface area contributed by atoms with Crippen molar-refractivity contribution in [2.75, 3.05) is 0 Å². The van der Waals surface area contributed by atoms with Crippen molar-refractivity contribution in [3.8, 4) is 0 Å². The van der Waals surface area contributed by atoms with Gasteiger partial charge in [0.25, 0.3) is 0 Å². The molecule has 0 amide bonds. The van der Waals surface area contributed by atoms with Crippen molar-refractivity contribution in [3.05, 3.63) is 24.8 Å². The number of cyclic esters (lactones) is 2. The molecule has 1 heterocycles. The van der Waals surface area contributed by atoms with Gasteiger partial charge in [-0.15, -0.1) is 13.2 Å². The molecule has 0 aliphatic carbocycles. The third-order valence-corrected chi connectivity index (χ3v) is 1.41. The van der Waals surface area contributed by atoms with Crippen molar-refractivity contribution in [2.45, 2.75) is 26.7 Å². The van der Waals surface area contributed by atoms with Crippen LogP contribution in [0.4, 0.5) is 0 Å². The molecule has 78 valence electrons. The summed E-state index contributed by atoms with van der Waals surface area (Å²) in [5, 5.41) is 0. The molecular formula is C11H16O3. The van der Waals surface area contributed by atoms with Crippen LogP contribution in [0.2, 0.25) is 0 Å². The van der Waals surface area contributed by atoms with E-state index in [4.69, 9.17) is 0 Å². The lowest BCUT2D eigenvalue weighted by molar-refractivity contribution is -0.153. The van der Waals surface area contributed by atoms with E-state index in [2.05, 4.69) is 17.9 Å². The normalized spacial score (nSPS) is 19.4. The number of hydrogen-bond acceptors (Lipinski definition) is 3. The fraction of sp³-hybridized carbons (Fsp3) is 0.455. The van der Waals surface area contributed by atoms with E-state index in [-0.39, 0.29) is 12.3 Å². The fourth-order valence-electron chi connectivity index (χ4n) is 0.902. The Morgan fingerprint density at radius 3 is 2.36 bits per heavy atom. The van der Waals surface area contributed by atoms with Crippen LogP contribution in [0.3, 0.4) is 0 Å². The summed E-state index contributed by atoms with van der Waals surface area (Å²) >= 11 is 0. The molecule has 1 rings (SSSR count). The Kier molecular flexibility index (Phi) is 5.53. The molecule has 0 N–H and O–H groups in total. The summed E-state index contributed by atoms with van der Waals surface area (Å²) in [7, 11) is 0. The Hall–Kier alpha value is -1.38. The van der Waals surface area contributed by atoms with Crippen LogP contribution >= 0.6 is 0 Å². The fourth-order valence-corrected chi connectivity index (χ4v) is 0.902. The van der Waals surface area contributed by atoms with Crippen molar-refractivity contribution in [2.24, 2.45) is 5.92 Å². The number of carbonyl (C=O) groups excluding carboxylic acids is 2. The second kappa shape index (κ2) is 6.13. The van der Waals surface area contributed by atoms with Gasteiger partial charge in [-0.25, -0.2) is 0 Å². The lowest BCUT2D eigenvalue weighted by Gasteiger charge is -1.95. The molecule has 14 heavy (non-hydrogen) atoms. The summed E-state index contributed by atoms with van der Waals surface area (Å²) in [5.41, 5.74) is 1.17. The van der Waals surface area contributed by atoms with Gasteiger partial charge < -0.3 is 4.74 Å². The Labute approximate surface area is 84.4 Å². The molecule has 0 saturated carbocycles. The number of esters is 2. The van der Waals surface area contributed by atoms with Crippen LogP contribution in [0.15, 0.2) is 24.8 Å². The second-order valence-corrected chi connectivity index (χ2v) is 3.43. The minimum atomic E-state index is -0.420. The zero-order chi connectivity index (χ0) is 11.1. The van der Waals surface area contributed by atoms with Crippen LogP contribution < -0.4 is 0 Å². The highest BCUT2D eigenvalue weighted by molar-refractivity contribution is 5.94. The zero-order valence-electron chi connectivity index (χ0n) is 8.71. The third kappa shape index (κ3) is 5.30. The largest absolute Gasteiger partial charge is 0.393 e. The summed E-state index contributed by atoms with van der Waals surface area (Å²) in [6.45, 7) is 11.0. The standard InChI is InChI=1S/C7H8O3.C4H8/c1-2-3-5-4-6(8)10-7(5)9;1-4(2)3/h2,5H,1,3-4H2;1H2,2-3H3. The van der Waals surface area contributed by atoms with Gasteiger partial charge >= 0.3 is 11.9 Å². The first-order valence-corrected chi connectivity index (χ1v) is 4.45. The first kappa shape index (κ1) is 12.6. The maximum atomic E-state index is 10.7. The van der Waals surface area contributed by atoms with Gasteiger partial charge in [0.05, 0.1) is 12.3 Å². The molecule has 3 heteroatoms. The summed E-state index contributed by atoms with van der Waals surface area (Å²) in [4.78, 5) is 21.1. The topological polar surface area (TPSA) is 43.4 Å². The summed E-state index contributed by atoms with van der Waals surface area (Å²) in [6.07, 6.45) is 2.36. The monoisotopic (exact) mass is 196 g/mol. The number of hydrogen-bond donors (Lipinski definition) is 0. The highest BCUT2D eigenvalue weighted by atomic mass is 16.6. The van der Waals surface area contributed by atoms with Gasteiger partial charge in [-0.05, 0) is 20.3 Å². The predicted molar refractivity (Wildman–Crippen MR) is 54.5 cm³/mol. The summed E-state index contributed by atoms with van der Waals surface area (Å²) < 4.78 is 4.30. The van der Waals surface area contributed by atoms with Crippen molar-refractivity contribution in [1.82, 2.24) is 0 Å². The third-order valence-electron chi connectivity index (χ3n) is 1.41. The van der Waals surface area contributed by atoms with Gasteiger partial charge in [-0.3, -0.25) is 9.59 Å². The molecule has 0 aromatic heterocycles. The van der Waals surface area contributed by atoms with Crippen molar-refractivity contribution < 1.29 is 14.3 Å². The van der Waals surface area contributed by atoms with Crippen LogP contribution in [0.25, 0.3) is 0 Å². The SMILES string of the molecule is C=C(C)C.C=CCC1CC(=O)OC1=O. The smallest absolute Gasteiger partial charge is 0.317 e. The van der Waals surface area contributed by atoms with Gasteiger partial charge in [-0.2, -0.15) is 0 Å². The Balaban J connectivity index is 0.000000364. The Morgan fingerprint density at radius 1 is 1.57 bits per heavy atom. The van der Waals surface area contributed by atoms with E-state index in [1.54, 1.807) is 6.08 Å². The van der Waals surface area contributed by atoms with E-state index in [1.165, 1.54) is 5.57 Å². The molecule has 1 aliphatic heterocycles. The first-order chi connectivity index (χ1) is 6.47. The van der Waals surface area contributed by atoms with Crippen LogP contribution in [0.1, 0.15) is 26.7 Å². The van der Waals surface area contributed by atoms with Crippen molar-refractivity contribution >= 4 is 11.9 Å². The quantitative estimate of drug-likeness (QED) is 0.386. The first-order valence-electron chi connectivity index (χ1n) is 4.45. The molecule has 0 aromatic rings. The van der Waals surface area contributed by atoms with Gasteiger partial charge in [-0.1, -0.05) is 11.6 Å². The molecule has 3 nitrogen and oxygen atoms in total. The highest BCUT2D eigenvalue weighted by Gasteiger charge is 2.31. The minimum Gasteiger partial charge on any atom is -0.393 e. The number of rotatable bonds is 2. The number of ether oxygens (including phenoxy) is 1. The van der Waals surface area contributed by atoms with Crippen LogP contribution in [0, 0.1) is 5.92 Å². The van der Waals surface area contributed by atoms with Crippen LogP contribution in [0.5, 0.6) is 0 Å². The predicted octanol–water partition coefficient (Wildman–Crippen LogP) is 2.23. The summed E-state index contributed by atoms with van der Waals surface area (Å²) in [6, 6.07) is 0. The van der Waals surface area contributed by atoms with E-state index < -0.39 is 11.9 Å².